The highest BCUT2D eigenvalue weighted by Gasteiger charge is 2.27. The summed E-state index contributed by atoms with van der Waals surface area (Å²) in [5, 5.41) is 10.8. The number of fused-ring (bicyclic) bond motifs is 1. The lowest BCUT2D eigenvalue weighted by atomic mass is 9.97. The van der Waals surface area contributed by atoms with E-state index in [1.165, 1.54) is 10.9 Å². The molecule has 0 amide bonds. The first-order valence-electron chi connectivity index (χ1n) is 8.76. The van der Waals surface area contributed by atoms with E-state index in [2.05, 4.69) is 28.1 Å². The Hall–Kier alpha value is -2.58. The Morgan fingerprint density at radius 3 is 3.08 bits per heavy atom. The average Bonchev–Trinajstić information content (AvgIpc) is 3.03. The van der Waals surface area contributed by atoms with Gasteiger partial charge in [0.05, 0.1) is 19.1 Å². The van der Waals surface area contributed by atoms with Crippen LogP contribution in [0.1, 0.15) is 25.3 Å². The van der Waals surface area contributed by atoms with Gasteiger partial charge in [0, 0.05) is 30.2 Å². The predicted molar refractivity (Wildman–Crippen MR) is 96.9 cm³/mol. The number of nitriles is 1. The van der Waals surface area contributed by atoms with Gasteiger partial charge in [-0.1, -0.05) is 24.3 Å². The van der Waals surface area contributed by atoms with Crippen LogP contribution in [0.2, 0.25) is 0 Å². The van der Waals surface area contributed by atoms with Crippen molar-refractivity contribution >= 4 is 16.9 Å². The molecule has 25 heavy (non-hydrogen) atoms. The summed E-state index contributed by atoms with van der Waals surface area (Å²) in [7, 11) is 0. The van der Waals surface area contributed by atoms with Crippen molar-refractivity contribution < 1.29 is 9.53 Å². The number of hydrogen-bond acceptors (Lipinski definition) is 4. The quantitative estimate of drug-likeness (QED) is 0.649. The van der Waals surface area contributed by atoms with Crippen molar-refractivity contribution in [3.63, 3.8) is 0 Å². The largest absolute Gasteiger partial charge is 0.466 e. The summed E-state index contributed by atoms with van der Waals surface area (Å²) in [6.45, 7) is 3.79. The maximum atomic E-state index is 11.8. The zero-order valence-corrected chi connectivity index (χ0v) is 14.5. The summed E-state index contributed by atoms with van der Waals surface area (Å²) in [6, 6.07) is 10.3. The normalized spacial score (nSPS) is 17.9. The Kier molecular flexibility index (Phi) is 5.52. The lowest BCUT2D eigenvalue weighted by Crippen LogP contribution is -2.41. The van der Waals surface area contributed by atoms with Gasteiger partial charge < -0.3 is 9.72 Å². The molecule has 2 heterocycles. The molecule has 130 valence electrons. The highest BCUT2D eigenvalue weighted by Crippen LogP contribution is 2.23. The van der Waals surface area contributed by atoms with E-state index in [4.69, 9.17) is 4.74 Å². The minimum atomic E-state index is -0.344. The van der Waals surface area contributed by atoms with Gasteiger partial charge in [-0.2, -0.15) is 5.26 Å². The summed E-state index contributed by atoms with van der Waals surface area (Å²) in [5.74, 6) is -0.257. The molecule has 1 unspecified atom stereocenters. The fourth-order valence-corrected chi connectivity index (χ4v) is 3.45. The number of benzene rings is 1. The first-order chi connectivity index (χ1) is 12.2. The van der Waals surface area contributed by atoms with Crippen molar-refractivity contribution in [1.82, 2.24) is 9.88 Å². The number of aromatic amines is 1. The Balaban J connectivity index is 1.67. The van der Waals surface area contributed by atoms with Crippen LogP contribution in [0.3, 0.4) is 0 Å². The van der Waals surface area contributed by atoms with Crippen molar-refractivity contribution in [2.24, 2.45) is 0 Å². The van der Waals surface area contributed by atoms with E-state index in [0.29, 0.717) is 6.61 Å². The molecule has 1 aliphatic heterocycles. The van der Waals surface area contributed by atoms with Gasteiger partial charge in [0.2, 0.25) is 0 Å². The number of carbonyl (C=O) groups is 1. The van der Waals surface area contributed by atoms with Crippen LogP contribution in [-0.4, -0.2) is 41.6 Å². The maximum absolute atomic E-state index is 11.8. The van der Waals surface area contributed by atoms with Crippen LogP contribution >= 0.6 is 0 Å². The minimum Gasteiger partial charge on any atom is -0.466 e. The SMILES string of the molecule is CCOC(=O)CC1=CCCN(CCc2c[nH]c3ccccc23)C1C#N. The summed E-state index contributed by atoms with van der Waals surface area (Å²) in [5.41, 5.74) is 3.26. The van der Waals surface area contributed by atoms with E-state index in [1.807, 2.05) is 24.4 Å². The number of para-hydroxylation sites is 1. The second kappa shape index (κ2) is 8.00. The number of ether oxygens (including phenoxy) is 1. The van der Waals surface area contributed by atoms with Gasteiger partial charge in [0.25, 0.3) is 0 Å². The Labute approximate surface area is 147 Å². The van der Waals surface area contributed by atoms with Gasteiger partial charge in [-0.15, -0.1) is 0 Å². The van der Waals surface area contributed by atoms with Crippen LogP contribution in [0.15, 0.2) is 42.1 Å². The summed E-state index contributed by atoms with van der Waals surface area (Å²) < 4.78 is 5.03. The number of aromatic nitrogens is 1. The topological polar surface area (TPSA) is 69.1 Å². The Morgan fingerprint density at radius 2 is 2.28 bits per heavy atom. The van der Waals surface area contributed by atoms with E-state index in [0.717, 1.165) is 37.0 Å². The molecular formula is C20H23N3O2. The Bertz CT molecular complexity index is 816. The number of nitrogens with zero attached hydrogens (tertiary/aromatic N) is 2. The molecule has 1 atom stereocenters. The summed E-state index contributed by atoms with van der Waals surface area (Å²) >= 11 is 0. The number of carbonyl (C=O) groups excluding carboxylic acids is 1. The molecule has 3 rings (SSSR count). The van der Waals surface area contributed by atoms with Gasteiger partial charge in [-0.05, 0) is 37.0 Å². The standard InChI is InChI=1S/C20H23N3O2/c1-2-25-20(24)12-15-6-5-10-23(19(15)13-21)11-9-16-14-22-18-8-4-3-7-17(16)18/h3-4,6-8,14,19,22H,2,5,9-12H2,1H3. The Morgan fingerprint density at radius 1 is 1.44 bits per heavy atom. The number of H-pyrrole nitrogens is 1. The third-order valence-electron chi connectivity index (χ3n) is 4.66. The fourth-order valence-electron chi connectivity index (χ4n) is 3.45. The summed E-state index contributed by atoms with van der Waals surface area (Å²) in [6.07, 6.45) is 6.00. The molecule has 1 N–H and O–H groups in total. The summed E-state index contributed by atoms with van der Waals surface area (Å²) in [4.78, 5) is 17.2. The average molecular weight is 337 g/mol. The van der Waals surface area contributed by atoms with E-state index in [9.17, 15) is 10.1 Å². The van der Waals surface area contributed by atoms with Crippen LogP contribution in [0.5, 0.6) is 0 Å². The van der Waals surface area contributed by atoms with E-state index in [1.54, 1.807) is 6.92 Å². The molecule has 1 aliphatic rings. The zero-order valence-electron chi connectivity index (χ0n) is 14.5. The van der Waals surface area contributed by atoms with Gasteiger partial charge in [-0.25, -0.2) is 0 Å². The molecule has 1 aromatic carbocycles. The molecule has 0 fully saturated rings. The third-order valence-corrected chi connectivity index (χ3v) is 4.66. The number of esters is 1. The van der Waals surface area contributed by atoms with E-state index >= 15 is 0 Å². The number of nitrogens with one attached hydrogen (secondary N) is 1. The second-order valence-electron chi connectivity index (χ2n) is 6.23. The highest BCUT2D eigenvalue weighted by atomic mass is 16.5. The van der Waals surface area contributed by atoms with Gasteiger partial charge in [0.1, 0.15) is 6.04 Å². The van der Waals surface area contributed by atoms with E-state index < -0.39 is 0 Å². The minimum absolute atomic E-state index is 0.204. The van der Waals surface area contributed by atoms with Crippen molar-refractivity contribution in [3.05, 3.63) is 47.7 Å². The van der Waals surface area contributed by atoms with Crippen LogP contribution in [0.4, 0.5) is 0 Å². The van der Waals surface area contributed by atoms with Crippen LogP contribution in [-0.2, 0) is 16.0 Å². The molecule has 0 saturated heterocycles. The molecule has 0 radical (unpaired) electrons. The zero-order chi connectivity index (χ0) is 17.6. The van der Waals surface area contributed by atoms with Crippen molar-refractivity contribution in [3.8, 4) is 6.07 Å². The fraction of sp³-hybridized carbons (Fsp3) is 0.400. The predicted octanol–water partition coefficient (Wildman–Crippen LogP) is 3.19. The van der Waals surface area contributed by atoms with Gasteiger partial charge >= 0.3 is 5.97 Å². The molecule has 0 spiro atoms. The highest BCUT2D eigenvalue weighted by molar-refractivity contribution is 5.83. The smallest absolute Gasteiger partial charge is 0.309 e. The maximum Gasteiger partial charge on any atom is 0.309 e. The molecule has 1 aromatic heterocycles. The molecule has 0 saturated carbocycles. The van der Waals surface area contributed by atoms with Gasteiger partial charge in [-0.3, -0.25) is 9.69 Å². The molecular weight excluding hydrogens is 314 g/mol. The van der Waals surface area contributed by atoms with Crippen LogP contribution in [0.25, 0.3) is 10.9 Å². The number of hydrogen-bond donors (Lipinski definition) is 1. The van der Waals surface area contributed by atoms with Crippen LogP contribution in [0, 0.1) is 11.3 Å². The molecule has 0 aliphatic carbocycles. The molecule has 5 nitrogen and oxygen atoms in total. The molecule has 5 heteroatoms. The first-order valence-corrected chi connectivity index (χ1v) is 8.76. The monoisotopic (exact) mass is 337 g/mol. The molecule has 2 aromatic rings. The third kappa shape index (κ3) is 3.92. The number of rotatable bonds is 6. The van der Waals surface area contributed by atoms with Crippen molar-refractivity contribution in [2.75, 3.05) is 19.7 Å². The second-order valence-corrected chi connectivity index (χ2v) is 6.23. The first kappa shape index (κ1) is 17.2. The van der Waals surface area contributed by atoms with Crippen LogP contribution < -0.4 is 0 Å². The van der Waals surface area contributed by atoms with Crippen molar-refractivity contribution in [1.29, 1.82) is 5.26 Å². The molecule has 0 bridgehead atoms. The lowest BCUT2D eigenvalue weighted by Gasteiger charge is -2.32. The van der Waals surface area contributed by atoms with Gasteiger partial charge in [0.15, 0.2) is 0 Å². The van der Waals surface area contributed by atoms with E-state index in [-0.39, 0.29) is 18.4 Å². The van der Waals surface area contributed by atoms with Crippen molar-refractivity contribution in [2.45, 2.75) is 32.2 Å². The lowest BCUT2D eigenvalue weighted by molar-refractivity contribution is -0.142.